The molecule has 0 aliphatic heterocycles. The molecule has 0 saturated heterocycles. The van der Waals surface area contributed by atoms with Crippen molar-refractivity contribution in [2.24, 2.45) is 11.3 Å². The molecule has 0 heterocycles. The molecule has 0 spiro atoms. The highest BCUT2D eigenvalue weighted by atomic mass is 16.5. The van der Waals surface area contributed by atoms with Gasteiger partial charge in [-0.15, -0.1) is 0 Å². The summed E-state index contributed by atoms with van der Waals surface area (Å²) in [5, 5.41) is 0. The summed E-state index contributed by atoms with van der Waals surface area (Å²) in [6.07, 6.45) is 4.60. The highest BCUT2D eigenvalue weighted by Gasteiger charge is 2.30. The third-order valence-corrected chi connectivity index (χ3v) is 2.65. The zero-order valence-electron chi connectivity index (χ0n) is 10.2. The van der Waals surface area contributed by atoms with E-state index in [1.165, 1.54) is 26.4 Å². The minimum Gasteiger partial charge on any atom is -0.469 e. The van der Waals surface area contributed by atoms with Crippen LogP contribution in [0, 0.1) is 11.3 Å². The summed E-state index contributed by atoms with van der Waals surface area (Å²) in [6.45, 7) is 8.32. The van der Waals surface area contributed by atoms with Crippen LogP contribution >= 0.6 is 0 Å². The second kappa shape index (κ2) is 6.05. The van der Waals surface area contributed by atoms with E-state index in [0.29, 0.717) is 5.92 Å². The Morgan fingerprint density at radius 1 is 1.43 bits per heavy atom. The Morgan fingerprint density at radius 3 is 2.43 bits per heavy atom. The molecule has 14 heavy (non-hydrogen) atoms. The summed E-state index contributed by atoms with van der Waals surface area (Å²) in [5.74, 6) is 0.505. The van der Waals surface area contributed by atoms with Gasteiger partial charge in [0, 0.05) is 0 Å². The number of rotatable bonds is 6. The Hall–Kier alpha value is -0.530. The molecule has 0 aliphatic rings. The van der Waals surface area contributed by atoms with Crippen LogP contribution in [0.25, 0.3) is 0 Å². The van der Waals surface area contributed by atoms with Crippen LogP contribution in [0.15, 0.2) is 0 Å². The zero-order chi connectivity index (χ0) is 11.2. The number of esters is 1. The summed E-state index contributed by atoms with van der Waals surface area (Å²) < 4.78 is 4.78. The van der Waals surface area contributed by atoms with Gasteiger partial charge in [0.1, 0.15) is 0 Å². The third-order valence-electron chi connectivity index (χ3n) is 2.65. The van der Waals surface area contributed by atoms with Crippen molar-refractivity contribution in [2.75, 3.05) is 7.11 Å². The van der Waals surface area contributed by atoms with Crippen LogP contribution in [0.3, 0.4) is 0 Å². The van der Waals surface area contributed by atoms with Crippen molar-refractivity contribution >= 4 is 5.97 Å². The molecule has 0 radical (unpaired) electrons. The molecular weight excluding hydrogens is 176 g/mol. The Morgan fingerprint density at radius 2 is 2.00 bits per heavy atom. The Labute approximate surface area is 88.0 Å². The van der Waals surface area contributed by atoms with E-state index in [2.05, 4.69) is 13.8 Å². The van der Waals surface area contributed by atoms with Crippen molar-refractivity contribution in [3.05, 3.63) is 0 Å². The lowest BCUT2D eigenvalue weighted by Crippen LogP contribution is -2.27. The maximum atomic E-state index is 11.4. The molecule has 2 heteroatoms. The van der Waals surface area contributed by atoms with Crippen LogP contribution in [0.1, 0.15) is 53.4 Å². The third kappa shape index (κ3) is 4.64. The molecule has 0 bridgehead atoms. The smallest absolute Gasteiger partial charge is 0.311 e. The average molecular weight is 200 g/mol. The van der Waals surface area contributed by atoms with Gasteiger partial charge in [-0.05, 0) is 26.2 Å². The Kier molecular flexibility index (Phi) is 5.82. The summed E-state index contributed by atoms with van der Waals surface area (Å²) in [7, 11) is 1.46. The van der Waals surface area contributed by atoms with E-state index in [1.807, 2.05) is 13.8 Å². The predicted octanol–water partition coefficient (Wildman–Crippen LogP) is 3.40. The van der Waals surface area contributed by atoms with Gasteiger partial charge in [0.2, 0.25) is 0 Å². The molecular formula is C12H24O2. The normalized spacial score (nSPS) is 13.8. The number of ether oxygens (including phenoxy) is 1. The number of carbonyl (C=O) groups is 1. The van der Waals surface area contributed by atoms with Gasteiger partial charge in [-0.1, -0.05) is 33.1 Å². The second-order valence-corrected chi connectivity index (χ2v) is 4.83. The first-order valence-electron chi connectivity index (χ1n) is 5.52. The highest BCUT2D eigenvalue weighted by molar-refractivity contribution is 5.75. The molecule has 0 fully saturated rings. The zero-order valence-corrected chi connectivity index (χ0v) is 10.2. The van der Waals surface area contributed by atoms with Gasteiger partial charge in [0.25, 0.3) is 0 Å². The number of methoxy groups -OCH3 is 1. The quantitative estimate of drug-likeness (QED) is 0.614. The Balaban J connectivity index is 4.01. The first-order chi connectivity index (χ1) is 6.44. The van der Waals surface area contributed by atoms with Gasteiger partial charge in [0.15, 0.2) is 0 Å². The van der Waals surface area contributed by atoms with Crippen molar-refractivity contribution in [2.45, 2.75) is 53.4 Å². The highest BCUT2D eigenvalue weighted by Crippen LogP contribution is 2.29. The predicted molar refractivity (Wildman–Crippen MR) is 59.1 cm³/mol. The molecule has 0 rings (SSSR count). The van der Waals surface area contributed by atoms with Crippen LogP contribution in [0.4, 0.5) is 0 Å². The molecule has 2 nitrogen and oxygen atoms in total. The Bertz CT molecular complexity index is 173. The van der Waals surface area contributed by atoms with Crippen molar-refractivity contribution in [3.63, 3.8) is 0 Å². The fraction of sp³-hybridized carbons (Fsp3) is 0.917. The molecule has 0 saturated carbocycles. The molecule has 0 amide bonds. The first-order valence-corrected chi connectivity index (χ1v) is 5.52. The van der Waals surface area contributed by atoms with Crippen molar-refractivity contribution in [1.82, 2.24) is 0 Å². The van der Waals surface area contributed by atoms with E-state index in [-0.39, 0.29) is 11.4 Å². The minimum atomic E-state index is -0.331. The molecule has 1 atom stereocenters. The second-order valence-electron chi connectivity index (χ2n) is 4.83. The lowest BCUT2D eigenvalue weighted by atomic mass is 9.82. The number of hydrogen-bond acceptors (Lipinski definition) is 2. The fourth-order valence-electron chi connectivity index (χ4n) is 1.89. The molecule has 0 aromatic rings. The van der Waals surface area contributed by atoms with E-state index >= 15 is 0 Å². The van der Waals surface area contributed by atoms with E-state index in [0.717, 1.165) is 6.42 Å². The number of unbranched alkanes of at least 4 members (excludes halogenated alkanes) is 1. The van der Waals surface area contributed by atoms with E-state index in [9.17, 15) is 4.79 Å². The van der Waals surface area contributed by atoms with Crippen LogP contribution in [0.5, 0.6) is 0 Å². The molecule has 84 valence electrons. The number of carbonyl (C=O) groups excluding carboxylic acids is 1. The molecule has 1 unspecified atom stereocenters. The van der Waals surface area contributed by atoms with E-state index in [1.54, 1.807) is 0 Å². The molecule has 0 aliphatic carbocycles. The van der Waals surface area contributed by atoms with Crippen molar-refractivity contribution in [3.8, 4) is 0 Å². The van der Waals surface area contributed by atoms with Gasteiger partial charge in [0.05, 0.1) is 12.5 Å². The van der Waals surface area contributed by atoms with Gasteiger partial charge >= 0.3 is 5.97 Å². The first kappa shape index (κ1) is 13.5. The van der Waals surface area contributed by atoms with Crippen LogP contribution in [-0.2, 0) is 9.53 Å². The summed E-state index contributed by atoms with van der Waals surface area (Å²) in [6, 6.07) is 0. The molecule has 0 N–H and O–H groups in total. The standard InChI is InChI=1S/C12H24O2/c1-6-7-8-10(2)9-12(3,4)11(13)14-5/h10H,6-9H2,1-5H3. The SMILES string of the molecule is CCCCC(C)CC(C)(C)C(=O)OC. The fourth-order valence-corrected chi connectivity index (χ4v) is 1.89. The minimum absolute atomic E-state index is 0.0964. The van der Waals surface area contributed by atoms with Gasteiger partial charge in [-0.3, -0.25) is 4.79 Å². The molecule has 0 aromatic heterocycles. The van der Waals surface area contributed by atoms with Gasteiger partial charge in [-0.25, -0.2) is 0 Å². The maximum Gasteiger partial charge on any atom is 0.311 e. The van der Waals surface area contributed by atoms with Gasteiger partial charge in [-0.2, -0.15) is 0 Å². The van der Waals surface area contributed by atoms with Crippen LogP contribution in [0.2, 0.25) is 0 Å². The number of hydrogen-bond donors (Lipinski definition) is 0. The maximum absolute atomic E-state index is 11.4. The topological polar surface area (TPSA) is 26.3 Å². The van der Waals surface area contributed by atoms with Crippen molar-refractivity contribution < 1.29 is 9.53 Å². The average Bonchev–Trinajstić information content (AvgIpc) is 2.12. The van der Waals surface area contributed by atoms with E-state index < -0.39 is 0 Å². The van der Waals surface area contributed by atoms with Gasteiger partial charge < -0.3 is 4.74 Å². The lowest BCUT2D eigenvalue weighted by molar-refractivity contribution is -0.151. The monoisotopic (exact) mass is 200 g/mol. The molecule has 0 aromatic carbocycles. The summed E-state index contributed by atoms with van der Waals surface area (Å²) in [5.41, 5.74) is -0.331. The van der Waals surface area contributed by atoms with Crippen LogP contribution < -0.4 is 0 Å². The lowest BCUT2D eigenvalue weighted by Gasteiger charge is -2.25. The van der Waals surface area contributed by atoms with E-state index in [4.69, 9.17) is 4.74 Å². The summed E-state index contributed by atoms with van der Waals surface area (Å²) in [4.78, 5) is 11.4. The summed E-state index contributed by atoms with van der Waals surface area (Å²) >= 11 is 0. The van der Waals surface area contributed by atoms with Crippen molar-refractivity contribution in [1.29, 1.82) is 0 Å². The largest absolute Gasteiger partial charge is 0.469 e. The van der Waals surface area contributed by atoms with Crippen LogP contribution in [-0.4, -0.2) is 13.1 Å².